The summed E-state index contributed by atoms with van der Waals surface area (Å²) >= 11 is 12.0. The number of fused-ring (bicyclic) bond motifs is 1. The lowest BCUT2D eigenvalue weighted by molar-refractivity contribution is -0.133. The Labute approximate surface area is 189 Å². The van der Waals surface area contributed by atoms with Gasteiger partial charge in [-0.25, -0.2) is 0 Å². The number of thiocarbonyl (C=S) groups is 1. The van der Waals surface area contributed by atoms with Crippen LogP contribution in [0, 0.1) is 0 Å². The molecule has 1 saturated heterocycles. The van der Waals surface area contributed by atoms with Gasteiger partial charge in [0.1, 0.15) is 5.57 Å². The second kappa shape index (κ2) is 8.16. The molecule has 3 rings (SSSR count). The third-order valence-electron chi connectivity index (χ3n) is 5.76. The van der Waals surface area contributed by atoms with E-state index in [1.165, 1.54) is 9.80 Å². The molecule has 2 amide bonds. The van der Waals surface area contributed by atoms with Gasteiger partial charge < -0.3 is 4.90 Å². The maximum absolute atomic E-state index is 13.0. The van der Waals surface area contributed by atoms with E-state index in [2.05, 4.69) is 38.7 Å². The predicted molar refractivity (Wildman–Crippen MR) is 128 cm³/mol. The molecule has 0 aliphatic carbocycles. The van der Waals surface area contributed by atoms with Crippen LogP contribution in [0.5, 0.6) is 0 Å². The number of allylic oxidation sites excluding steroid dienone is 1. The lowest BCUT2D eigenvalue weighted by Crippen LogP contribution is -2.55. The van der Waals surface area contributed by atoms with E-state index >= 15 is 0 Å². The SMILES string of the molecule is CCN1C(=O)C(=Cc2cc3c(cc2Cl)N(CC)C(C)(C)C=C3C)C(=O)N(CC)C1=S. The first kappa shape index (κ1) is 22.5. The first-order chi connectivity index (χ1) is 14.1. The van der Waals surface area contributed by atoms with Crippen LogP contribution in [0.15, 0.2) is 23.8 Å². The molecule has 7 heteroatoms. The number of carbonyl (C=O) groups excluding carboxylic acids is 2. The van der Waals surface area contributed by atoms with E-state index in [1.807, 2.05) is 26.0 Å². The maximum atomic E-state index is 13.0. The zero-order valence-electron chi connectivity index (χ0n) is 18.4. The summed E-state index contributed by atoms with van der Waals surface area (Å²) in [6, 6.07) is 3.90. The van der Waals surface area contributed by atoms with Crippen molar-refractivity contribution in [2.45, 2.75) is 47.1 Å². The van der Waals surface area contributed by atoms with Crippen LogP contribution in [0.3, 0.4) is 0 Å². The second-order valence-electron chi connectivity index (χ2n) is 8.06. The highest BCUT2D eigenvalue weighted by Crippen LogP contribution is 2.41. The number of anilines is 1. The second-order valence-corrected chi connectivity index (χ2v) is 8.83. The summed E-state index contributed by atoms with van der Waals surface area (Å²) in [4.78, 5) is 31.1. The fourth-order valence-electron chi connectivity index (χ4n) is 4.34. The standard InChI is InChI=1S/C23H28ClN3O2S/c1-7-25-20(28)17(21(29)26(8-2)22(25)30)11-15-10-16-14(4)13-23(5,6)27(9-3)19(16)12-18(15)24/h10-13H,7-9H2,1-6H3. The summed E-state index contributed by atoms with van der Waals surface area (Å²) in [6.07, 6.45) is 3.83. The number of benzene rings is 1. The van der Waals surface area contributed by atoms with Crippen LogP contribution in [0.2, 0.25) is 5.02 Å². The third-order valence-corrected chi connectivity index (χ3v) is 6.53. The molecule has 5 nitrogen and oxygen atoms in total. The lowest BCUT2D eigenvalue weighted by atomic mass is 9.87. The van der Waals surface area contributed by atoms with Crippen LogP contribution in [-0.2, 0) is 9.59 Å². The van der Waals surface area contributed by atoms with Gasteiger partial charge >= 0.3 is 0 Å². The Morgan fingerprint density at radius 3 is 2.10 bits per heavy atom. The van der Waals surface area contributed by atoms with E-state index in [4.69, 9.17) is 23.8 Å². The molecule has 1 aromatic carbocycles. The van der Waals surface area contributed by atoms with Gasteiger partial charge in [-0.1, -0.05) is 17.7 Å². The van der Waals surface area contributed by atoms with Crippen LogP contribution in [0.4, 0.5) is 5.69 Å². The Bertz CT molecular complexity index is 968. The zero-order chi connectivity index (χ0) is 22.4. The van der Waals surface area contributed by atoms with Gasteiger partial charge in [0.2, 0.25) is 0 Å². The molecule has 1 fully saturated rings. The number of halogens is 1. The highest BCUT2D eigenvalue weighted by atomic mass is 35.5. The molecule has 0 spiro atoms. The van der Waals surface area contributed by atoms with Crippen molar-refractivity contribution >= 4 is 58.1 Å². The molecule has 160 valence electrons. The third kappa shape index (κ3) is 3.56. The van der Waals surface area contributed by atoms with Gasteiger partial charge in [-0.3, -0.25) is 19.4 Å². The number of rotatable bonds is 4. The van der Waals surface area contributed by atoms with E-state index < -0.39 is 0 Å². The summed E-state index contributed by atoms with van der Waals surface area (Å²) in [5.41, 5.74) is 3.86. The van der Waals surface area contributed by atoms with Gasteiger partial charge in [0.25, 0.3) is 11.8 Å². The summed E-state index contributed by atoms with van der Waals surface area (Å²) in [5, 5.41) is 0.758. The monoisotopic (exact) mass is 445 g/mol. The highest BCUT2D eigenvalue weighted by Gasteiger charge is 2.38. The Hall–Kier alpha value is -2.18. The van der Waals surface area contributed by atoms with Gasteiger partial charge in [-0.2, -0.15) is 0 Å². The number of amides is 2. The number of likely N-dealkylation sites (N-methyl/N-ethyl adjacent to an activating group) is 3. The van der Waals surface area contributed by atoms with Crippen molar-refractivity contribution in [1.82, 2.24) is 9.80 Å². The molecule has 2 heterocycles. The fourth-order valence-corrected chi connectivity index (χ4v) is 4.98. The van der Waals surface area contributed by atoms with Gasteiger partial charge in [0.15, 0.2) is 5.11 Å². The normalized spacial score (nSPS) is 18.6. The Morgan fingerprint density at radius 2 is 1.60 bits per heavy atom. The summed E-state index contributed by atoms with van der Waals surface area (Å²) < 4.78 is 0. The van der Waals surface area contributed by atoms with Crippen molar-refractivity contribution in [1.29, 1.82) is 0 Å². The average molecular weight is 446 g/mol. The van der Waals surface area contributed by atoms with Gasteiger partial charge in [0, 0.05) is 35.9 Å². The summed E-state index contributed by atoms with van der Waals surface area (Å²) in [7, 11) is 0. The minimum Gasteiger partial charge on any atom is -0.363 e. The fraction of sp³-hybridized carbons (Fsp3) is 0.435. The van der Waals surface area contributed by atoms with Crippen LogP contribution >= 0.6 is 23.8 Å². The first-order valence-electron chi connectivity index (χ1n) is 10.3. The quantitative estimate of drug-likeness (QED) is 0.381. The molecule has 30 heavy (non-hydrogen) atoms. The largest absolute Gasteiger partial charge is 0.363 e. The van der Waals surface area contributed by atoms with E-state index in [9.17, 15) is 9.59 Å². The van der Waals surface area contributed by atoms with Crippen LogP contribution < -0.4 is 4.90 Å². The number of nitrogens with zero attached hydrogens (tertiary/aromatic N) is 3. The maximum Gasteiger partial charge on any atom is 0.265 e. The lowest BCUT2D eigenvalue weighted by Gasteiger charge is -2.43. The van der Waals surface area contributed by atoms with Crippen molar-refractivity contribution in [3.8, 4) is 0 Å². The average Bonchev–Trinajstić information content (AvgIpc) is 2.66. The molecular weight excluding hydrogens is 418 g/mol. The summed E-state index contributed by atoms with van der Waals surface area (Å²) in [6.45, 7) is 13.9. The number of hydrogen-bond acceptors (Lipinski definition) is 4. The molecule has 0 bridgehead atoms. The van der Waals surface area contributed by atoms with Crippen molar-refractivity contribution in [3.63, 3.8) is 0 Å². The topological polar surface area (TPSA) is 43.9 Å². The van der Waals surface area contributed by atoms with Crippen molar-refractivity contribution < 1.29 is 9.59 Å². The highest BCUT2D eigenvalue weighted by molar-refractivity contribution is 7.80. The van der Waals surface area contributed by atoms with Crippen LogP contribution in [0.1, 0.15) is 52.7 Å². The van der Waals surface area contributed by atoms with Gasteiger partial charge in [0.05, 0.1) is 5.54 Å². The smallest absolute Gasteiger partial charge is 0.265 e. The molecule has 2 aliphatic rings. The minimum atomic E-state index is -0.380. The Morgan fingerprint density at radius 1 is 1.03 bits per heavy atom. The van der Waals surface area contributed by atoms with Crippen LogP contribution in [-0.4, -0.2) is 51.9 Å². The zero-order valence-corrected chi connectivity index (χ0v) is 19.9. The first-order valence-corrected chi connectivity index (χ1v) is 11.1. The minimum absolute atomic E-state index is 0.0827. The molecule has 0 aromatic heterocycles. The molecule has 1 aromatic rings. The van der Waals surface area contributed by atoms with Crippen molar-refractivity contribution in [3.05, 3.63) is 39.9 Å². The van der Waals surface area contributed by atoms with E-state index in [-0.39, 0.29) is 28.0 Å². The molecule has 0 atom stereocenters. The van der Waals surface area contributed by atoms with Crippen molar-refractivity contribution in [2.24, 2.45) is 0 Å². The molecule has 0 saturated carbocycles. The van der Waals surface area contributed by atoms with E-state index in [0.29, 0.717) is 23.7 Å². The molecule has 0 N–H and O–H groups in total. The molecule has 0 radical (unpaired) electrons. The molecular formula is C23H28ClN3O2S. The molecule has 0 unspecified atom stereocenters. The summed E-state index contributed by atoms with van der Waals surface area (Å²) in [5.74, 6) is -0.760. The Kier molecular flexibility index (Phi) is 6.12. The Balaban J connectivity index is 2.15. The van der Waals surface area contributed by atoms with Crippen molar-refractivity contribution in [2.75, 3.05) is 24.5 Å². The van der Waals surface area contributed by atoms with E-state index in [0.717, 1.165) is 23.4 Å². The van der Waals surface area contributed by atoms with Crippen LogP contribution in [0.25, 0.3) is 11.6 Å². The number of hydrogen-bond donors (Lipinski definition) is 0. The number of carbonyl (C=O) groups is 2. The van der Waals surface area contributed by atoms with Gasteiger partial charge in [-0.15, -0.1) is 0 Å². The van der Waals surface area contributed by atoms with Gasteiger partial charge in [-0.05, 0) is 83.1 Å². The molecule has 2 aliphatic heterocycles. The van der Waals surface area contributed by atoms with E-state index in [1.54, 1.807) is 6.08 Å². The predicted octanol–water partition coefficient (Wildman–Crippen LogP) is 4.74.